The van der Waals surface area contributed by atoms with Gasteiger partial charge < -0.3 is 10.2 Å². The lowest BCUT2D eigenvalue weighted by atomic mass is 10.0. The van der Waals surface area contributed by atoms with Crippen molar-refractivity contribution in [2.75, 3.05) is 37.6 Å². The van der Waals surface area contributed by atoms with Crippen molar-refractivity contribution in [3.8, 4) is 0 Å². The molecule has 2 aromatic rings. The van der Waals surface area contributed by atoms with E-state index in [0.717, 1.165) is 31.7 Å². The van der Waals surface area contributed by atoms with Gasteiger partial charge in [0.05, 0.1) is 0 Å². The van der Waals surface area contributed by atoms with E-state index in [2.05, 4.69) is 45.6 Å². The summed E-state index contributed by atoms with van der Waals surface area (Å²) in [5.41, 5.74) is 3.39. The van der Waals surface area contributed by atoms with E-state index in [9.17, 15) is 9.59 Å². The van der Waals surface area contributed by atoms with E-state index in [-0.39, 0.29) is 5.91 Å². The van der Waals surface area contributed by atoms with Gasteiger partial charge in [-0.05, 0) is 31.0 Å². The van der Waals surface area contributed by atoms with Crippen molar-refractivity contribution in [2.24, 2.45) is 0 Å². The van der Waals surface area contributed by atoms with Gasteiger partial charge in [0.25, 0.3) is 0 Å². The van der Waals surface area contributed by atoms with Gasteiger partial charge in [0, 0.05) is 38.4 Å². The number of benzene rings is 2. The second-order valence-corrected chi connectivity index (χ2v) is 6.97. The number of nitrogens with zero attached hydrogens (tertiary/aromatic N) is 2. The highest BCUT2D eigenvalue weighted by Crippen LogP contribution is 2.26. The Morgan fingerprint density at radius 3 is 2.25 bits per heavy atom. The number of imide groups is 1. The van der Waals surface area contributed by atoms with Gasteiger partial charge in [0.2, 0.25) is 5.91 Å². The molecule has 0 aliphatic carbocycles. The van der Waals surface area contributed by atoms with Gasteiger partial charge in [0.1, 0.15) is 6.04 Å². The molecule has 1 heterocycles. The largest absolute Gasteiger partial charge is 0.369 e. The number of carbonyl (C=O) groups excluding carboxylic acids is 2. The topological polar surface area (TPSA) is 64.7 Å². The highest BCUT2D eigenvalue weighted by molar-refractivity contribution is 5.97. The highest BCUT2D eigenvalue weighted by atomic mass is 16.2. The molecule has 1 aliphatic heterocycles. The van der Waals surface area contributed by atoms with Crippen LogP contribution in [0.15, 0.2) is 54.6 Å². The van der Waals surface area contributed by atoms with E-state index in [1.165, 1.54) is 11.3 Å². The first-order valence-electron chi connectivity index (χ1n) is 9.78. The number of hydrogen-bond donors (Lipinski definition) is 2. The summed E-state index contributed by atoms with van der Waals surface area (Å²) in [6.07, 6.45) is 0. The highest BCUT2D eigenvalue weighted by Gasteiger charge is 2.31. The quantitative estimate of drug-likeness (QED) is 0.837. The van der Waals surface area contributed by atoms with Crippen molar-refractivity contribution in [2.45, 2.75) is 19.9 Å². The van der Waals surface area contributed by atoms with Gasteiger partial charge in [-0.25, -0.2) is 4.79 Å². The first-order chi connectivity index (χ1) is 13.6. The molecule has 2 aromatic carbocycles. The van der Waals surface area contributed by atoms with Crippen LogP contribution in [0, 0.1) is 6.92 Å². The minimum absolute atomic E-state index is 0.290. The number of hydrogen-bond acceptors (Lipinski definition) is 4. The van der Waals surface area contributed by atoms with Gasteiger partial charge in [-0.2, -0.15) is 0 Å². The smallest absolute Gasteiger partial charge is 0.321 e. The van der Waals surface area contributed by atoms with Gasteiger partial charge in [-0.3, -0.25) is 15.0 Å². The Bertz CT molecular complexity index is 801. The minimum Gasteiger partial charge on any atom is -0.369 e. The number of aryl methyl sites for hydroxylation is 1. The second kappa shape index (κ2) is 9.37. The zero-order valence-electron chi connectivity index (χ0n) is 16.5. The molecular weight excluding hydrogens is 352 g/mol. The van der Waals surface area contributed by atoms with E-state index in [4.69, 9.17) is 0 Å². The Morgan fingerprint density at radius 2 is 1.61 bits per heavy atom. The molecular formula is C22H28N4O2. The van der Waals surface area contributed by atoms with Crippen LogP contribution >= 0.6 is 0 Å². The summed E-state index contributed by atoms with van der Waals surface area (Å²) < 4.78 is 0. The van der Waals surface area contributed by atoms with Crippen molar-refractivity contribution in [1.29, 1.82) is 0 Å². The molecule has 28 heavy (non-hydrogen) atoms. The summed E-state index contributed by atoms with van der Waals surface area (Å²) in [5.74, 6) is -0.290. The van der Waals surface area contributed by atoms with Crippen LogP contribution < -0.4 is 15.5 Å². The van der Waals surface area contributed by atoms with E-state index in [1.807, 2.05) is 43.3 Å². The van der Waals surface area contributed by atoms with Crippen molar-refractivity contribution >= 4 is 17.6 Å². The summed E-state index contributed by atoms with van der Waals surface area (Å²) >= 11 is 0. The Kier molecular flexibility index (Phi) is 6.66. The molecule has 6 heteroatoms. The van der Waals surface area contributed by atoms with Gasteiger partial charge >= 0.3 is 6.03 Å². The molecule has 0 bridgehead atoms. The van der Waals surface area contributed by atoms with E-state index in [0.29, 0.717) is 6.54 Å². The second-order valence-electron chi connectivity index (χ2n) is 6.97. The molecule has 148 valence electrons. The Morgan fingerprint density at radius 1 is 0.964 bits per heavy atom. The summed E-state index contributed by atoms with van der Waals surface area (Å²) in [6.45, 7) is 7.58. The molecule has 3 amide bonds. The predicted molar refractivity (Wildman–Crippen MR) is 111 cm³/mol. The maximum Gasteiger partial charge on any atom is 0.321 e. The maximum atomic E-state index is 12.9. The average molecular weight is 380 g/mol. The molecule has 6 nitrogen and oxygen atoms in total. The lowest BCUT2D eigenvalue weighted by molar-refractivity contribution is -0.125. The van der Waals surface area contributed by atoms with Gasteiger partial charge in [0.15, 0.2) is 0 Å². The molecule has 0 spiro atoms. The molecule has 1 unspecified atom stereocenters. The number of anilines is 1. The molecule has 0 radical (unpaired) electrons. The first-order valence-corrected chi connectivity index (χ1v) is 9.78. The number of carbonyl (C=O) groups is 2. The van der Waals surface area contributed by atoms with Crippen LogP contribution in [0.4, 0.5) is 10.5 Å². The van der Waals surface area contributed by atoms with Gasteiger partial charge in [-0.1, -0.05) is 48.5 Å². The molecule has 1 saturated heterocycles. The molecule has 0 aromatic heterocycles. The third-order valence-electron chi connectivity index (χ3n) is 5.07. The fourth-order valence-electron chi connectivity index (χ4n) is 3.69. The lowest BCUT2D eigenvalue weighted by Crippen LogP contribution is -2.52. The zero-order valence-corrected chi connectivity index (χ0v) is 16.5. The van der Waals surface area contributed by atoms with Crippen LogP contribution in [0.2, 0.25) is 0 Å². The van der Waals surface area contributed by atoms with Crippen LogP contribution in [0.25, 0.3) is 0 Å². The number of nitrogens with one attached hydrogen (secondary N) is 2. The van der Waals surface area contributed by atoms with Gasteiger partial charge in [-0.15, -0.1) is 0 Å². The number of para-hydroxylation sites is 1. The molecule has 0 saturated carbocycles. The van der Waals surface area contributed by atoms with Crippen molar-refractivity contribution in [3.05, 3.63) is 65.7 Å². The number of piperazine rings is 1. The van der Waals surface area contributed by atoms with E-state index < -0.39 is 12.1 Å². The van der Waals surface area contributed by atoms with Crippen molar-refractivity contribution < 1.29 is 9.59 Å². The van der Waals surface area contributed by atoms with Crippen molar-refractivity contribution in [1.82, 2.24) is 15.5 Å². The number of urea groups is 1. The van der Waals surface area contributed by atoms with Crippen LogP contribution in [0.3, 0.4) is 0 Å². The fraction of sp³-hybridized carbons (Fsp3) is 0.364. The zero-order chi connectivity index (χ0) is 19.9. The predicted octanol–water partition coefficient (Wildman–Crippen LogP) is 2.70. The van der Waals surface area contributed by atoms with Crippen LogP contribution in [-0.2, 0) is 4.79 Å². The maximum absolute atomic E-state index is 12.9. The standard InChI is InChI=1S/C22H28N4O2/c1-3-23-22(28)24-21(27)20(18-10-5-4-6-11-18)26-15-13-25(14-16-26)19-12-8-7-9-17(19)2/h4-12,20H,3,13-16H2,1-2H3,(H2,23,24,27,28). The summed E-state index contributed by atoms with van der Waals surface area (Å²) in [4.78, 5) is 29.3. The average Bonchev–Trinajstić information content (AvgIpc) is 2.70. The summed E-state index contributed by atoms with van der Waals surface area (Å²) in [6, 6.07) is 17.1. The van der Waals surface area contributed by atoms with Crippen molar-refractivity contribution in [3.63, 3.8) is 0 Å². The molecule has 1 atom stereocenters. The lowest BCUT2D eigenvalue weighted by Gasteiger charge is -2.40. The van der Waals surface area contributed by atoms with Crippen LogP contribution in [0.1, 0.15) is 24.1 Å². The molecule has 2 N–H and O–H groups in total. The Hall–Kier alpha value is -2.86. The molecule has 1 aliphatic rings. The van der Waals surface area contributed by atoms with Crippen LogP contribution in [-0.4, -0.2) is 49.6 Å². The summed E-state index contributed by atoms with van der Waals surface area (Å²) in [7, 11) is 0. The third-order valence-corrected chi connectivity index (χ3v) is 5.07. The minimum atomic E-state index is -0.483. The fourth-order valence-corrected chi connectivity index (χ4v) is 3.69. The normalized spacial score (nSPS) is 15.7. The molecule has 1 fully saturated rings. The number of rotatable bonds is 5. The third kappa shape index (κ3) is 4.70. The SMILES string of the molecule is CCNC(=O)NC(=O)C(c1ccccc1)N1CCN(c2ccccc2C)CC1. The van der Waals surface area contributed by atoms with Crippen LogP contribution in [0.5, 0.6) is 0 Å². The first kappa shape index (κ1) is 19.9. The molecule has 3 rings (SSSR count). The van der Waals surface area contributed by atoms with E-state index in [1.54, 1.807) is 0 Å². The van der Waals surface area contributed by atoms with E-state index >= 15 is 0 Å². The Labute approximate surface area is 166 Å². The Balaban J connectivity index is 1.74. The number of amides is 3. The monoisotopic (exact) mass is 380 g/mol. The summed E-state index contributed by atoms with van der Waals surface area (Å²) in [5, 5.41) is 5.11.